The van der Waals surface area contributed by atoms with Crippen LogP contribution in [0.15, 0.2) is 24.3 Å². The molecule has 2 fully saturated rings. The van der Waals surface area contributed by atoms with Crippen LogP contribution in [0.25, 0.3) is 0 Å². The average Bonchev–Trinajstić information content (AvgIpc) is 2.64. The van der Waals surface area contributed by atoms with Gasteiger partial charge in [0.25, 0.3) is 0 Å². The molecule has 1 N–H and O–H groups in total. The first kappa shape index (κ1) is 18.7. The van der Waals surface area contributed by atoms with Crippen LogP contribution in [-0.4, -0.2) is 54.0 Å². The van der Waals surface area contributed by atoms with Crippen LogP contribution in [0.5, 0.6) is 0 Å². The Morgan fingerprint density at radius 2 is 1.76 bits per heavy atom. The lowest BCUT2D eigenvalue weighted by atomic mass is 9.95. The third kappa shape index (κ3) is 5.44. The maximum Gasteiger partial charge on any atom is 0.237 e. The van der Waals surface area contributed by atoms with Crippen LogP contribution in [0.4, 0.5) is 0 Å². The third-order valence-corrected chi connectivity index (χ3v) is 5.86. The van der Waals surface area contributed by atoms with Gasteiger partial charge in [-0.15, -0.1) is 0 Å². The number of piperazine rings is 1. The third-order valence-electron chi connectivity index (χ3n) is 5.61. The van der Waals surface area contributed by atoms with Crippen molar-refractivity contribution in [3.63, 3.8) is 0 Å². The summed E-state index contributed by atoms with van der Waals surface area (Å²) in [6.07, 6.45) is 6.11. The summed E-state index contributed by atoms with van der Waals surface area (Å²) in [5, 5.41) is 4.05. The SMILES string of the molecule is CC(C(=O)NC1CCCCC1)N1CCN(Cc2ccc(Cl)cc2)CC1. The van der Waals surface area contributed by atoms with E-state index in [4.69, 9.17) is 11.6 Å². The molecular formula is C20H30ClN3O. The van der Waals surface area contributed by atoms with E-state index < -0.39 is 0 Å². The zero-order valence-corrected chi connectivity index (χ0v) is 16.0. The van der Waals surface area contributed by atoms with E-state index in [1.165, 1.54) is 24.8 Å². The van der Waals surface area contributed by atoms with Crippen LogP contribution in [0.1, 0.15) is 44.6 Å². The molecule has 1 aliphatic heterocycles. The lowest BCUT2D eigenvalue weighted by Gasteiger charge is -2.38. The molecule has 1 unspecified atom stereocenters. The highest BCUT2D eigenvalue weighted by molar-refractivity contribution is 6.30. The van der Waals surface area contributed by atoms with Crippen molar-refractivity contribution >= 4 is 17.5 Å². The van der Waals surface area contributed by atoms with Crippen molar-refractivity contribution in [3.8, 4) is 0 Å². The number of carbonyl (C=O) groups excluding carboxylic acids is 1. The van der Waals surface area contributed by atoms with Crippen LogP contribution in [0, 0.1) is 0 Å². The van der Waals surface area contributed by atoms with Gasteiger partial charge in [0.1, 0.15) is 0 Å². The van der Waals surface area contributed by atoms with Gasteiger partial charge in [-0.25, -0.2) is 0 Å². The Bertz CT molecular complexity index is 549. The molecule has 25 heavy (non-hydrogen) atoms. The van der Waals surface area contributed by atoms with E-state index in [9.17, 15) is 4.79 Å². The molecule has 1 saturated carbocycles. The molecule has 1 aromatic carbocycles. The van der Waals surface area contributed by atoms with Crippen LogP contribution >= 0.6 is 11.6 Å². The number of hydrogen-bond donors (Lipinski definition) is 1. The molecule has 5 heteroatoms. The van der Waals surface area contributed by atoms with Gasteiger partial charge in [-0.05, 0) is 37.5 Å². The summed E-state index contributed by atoms with van der Waals surface area (Å²) >= 11 is 5.95. The fourth-order valence-corrected chi connectivity index (χ4v) is 4.02. The number of nitrogens with zero attached hydrogens (tertiary/aromatic N) is 2. The first-order chi connectivity index (χ1) is 12.1. The Morgan fingerprint density at radius 1 is 1.12 bits per heavy atom. The van der Waals surface area contributed by atoms with Crippen molar-refractivity contribution in [2.24, 2.45) is 0 Å². The first-order valence-electron chi connectivity index (χ1n) is 9.63. The second-order valence-electron chi connectivity index (χ2n) is 7.46. The fraction of sp³-hybridized carbons (Fsp3) is 0.650. The predicted octanol–water partition coefficient (Wildman–Crippen LogP) is 3.30. The number of hydrogen-bond acceptors (Lipinski definition) is 3. The van der Waals surface area contributed by atoms with Crippen molar-refractivity contribution in [1.82, 2.24) is 15.1 Å². The van der Waals surface area contributed by atoms with Crippen molar-refractivity contribution in [2.75, 3.05) is 26.2 Å². The van der Waals surface area contributed by atoms with Gasteiger partial charge in [-0.2, -0.15) is 0 Å². The molecule has 1 amide bonds. The minimum absolute atomic E-state index is 0.0281. The van der Waals surface area contributed by atoms with Crippen molar-refractivity contribution in [1.29, 1.82) is 0 Å². The van der Waals surface area contributed by atoms with Gasteiger partial charge in [-0.3, -0.25) is 14.6 Å². The molecule has 0 bridgehead atoms. The molecule has 2 aliphatic rings. The van der Waals surface area contributed by atoms with Gasteiger partial charge in [0.15, 0.2) is 0 Å². The van der Waals surface area contributed by atoms with Gasteiger partial charge in [0.2, 0.25) is 5.91 Å². The van der Waals surface area contributed by atoms with Crippen LogP contribution in [-0.2, 0) is 11.3 Å². The molecular weight excluding hydrogens is 334 g/mol. The molecule has 1 saturated heterocycles. The average molecular weight is 364 g/mol. The molecule has 1 aromatic rings. The summed E-state index contributed by atoms with van der Waals surface area (Å²) in [5.74, 6) is 0.207. The van der Waals surface area contributed by atoms with Crippen LogP contribution in [0.2, 0.25) is 5.02 Å². The smallest absolute Gasteiger partial charge is 0.237 e. The zero-order valence-electron chi connectivity index (χ0n) is 15.2. The number of carbonyl (C=O) groups is 1. The van der Waals surface area contributed by atoms with Gasteiger partial charge >= 0.3 is 0 Å². The number of nitrogens with one attached hydrogen (secondary N) is 1. The van der Waals surface area contributed by atoms with E-state index in [2.05, 4.69) is 27.2 Å². The first-order valence-corrected chi connectivity index (χ1v) is 10.0. The highest BCUT2D eigenvalue weighted by Crippen LogP contribution is 2.18. The van der Waals surface area contributed by atoms with E-state index >= 15 is 0 Å². The molecule has 1 heterocycles. The van der Waals surface area contributed by atoms with Crippen molar-refractivity contribution in [2.45, 2.75) is 57.7 Å². The Labute approximate surface area is 156 Å². The monoisotopic (exact) mass is 363 g/mol. The summed E-state index contributed by atoms with van der Waals surface area (Å²) in [6, 6.07) is 8.45. The molecule has 0 spiro atoms. The summed E-state index contributed by atoms with van der Waals surface area (Å²) < 4.78 is 0. The summed E-state index contributed by atoms with van der Waals surface area (Å²) in [5.41, 5.74) is 1.29. The lowest BCUT2D eigenvalue weighted by molar-refractivity contribution is -0.127. The normalized spacial score (nSPS) is 21.8. The summed E-state index contributed by atoms with van der Waals surface area (Å²) in [6.45, 7) is 6.91. The van der Waals surface area contributed by atoms with Crippen LogP contribution < -0.4 is 5.32 Å². The second kappa shape index (κ2) is 9.02. The quantitative estimate of drug-likeness (QED) is 0.871. The molecule has 3 rings (SSSR count). The number of rotatable bonds is 5. The number of benzene rings is 1. The van der Waals surface area contributed by atoms with Crippen molar-refractivity contribution in [3.05, 3.63) is 34.9 Å². The Balaban J connectivity index is 1.42. The molecule has 4 nitrogen and oxygen atoms in total. The van der Waals surface area contributed by atoms with Crippen LogP contribution in [0.3, 0.4) is 0 Å². The van der Waals surface area contributed by atoms with Gasteiger partial charge in [0, 0.05) is 43.8 Å². The largest absolute Gasteiger partial charge is 0.352 e. The van der Waals surface area contributed by atoms with E-state index in [0.29, 0.717) is 6.04 Å². The standard InChI is InChI=1S/C20H30ClN3O/c1-16(20(25)22-19-5-3-2-4-6-19)24-13-11-23(12-14-24)15-17-7-9-18(21)10-8-17/h7-10,16,19H,2-6,11-15H2,1H3,(H,22,25). The zero-order chi connectivity index (χ0) is 17.6. The Morgan fingerprint density at radius 3 is 2.40 bits per heavy atom. The highest BCUT2D eigenvalue weighted by Gasteiger charge is 2.27. The Kier molecular flexibility index (Phi) is 6.74. The minimum atomic E-state index is -0.0281. The highest BCUT2D eigenvalue weighted by atomic mass is 35.5. The topological polar surface area (TPSA) is 35.6 Å². The van der Waals surface area contributed by atoms with E-state index in [1.807, 2.05) is 19.1 Å². The van der Waals surface area contributed by atoms with E-state index in [-0.39, 0.29) is 11.9 Å². The second-order valence-corrected chi connectivity index (χ2v) is 7.89. The maximum absolute atomic E-state index is 12.5. The van der Waals surface area contributed by atoms with Gasteiger partial charge in [0.05, 0.1) is 6.04 Å². The maximum atomic E-state index is 12.5. The lowest BCUT2D eigenvalue weighted by Crippen LogP contribution is -2.54. The molecule has 1 aliphatic carbocycles. The van der Waals surface area contributed by atoms with E-state index in [1.54, 1.807) is 0 Å². The predicted molar refractivity (Wildman–Crippen MR) is 103 cm³/mol. The molecule has 0 radical (unpaired) electrons. The summed E-state index contributed by atoms with van der Waals surface area (Å²) in [4.78, 5) is 17.3. The summed E-state index contributed by atoms with van der Waals surface area (Å²) in [7, 11) is 0. The molecule has 138 valence electrons. The van der Waals surface area contributed by atoms with Crippen molar-refractivity contribution < 1.29 is 4.79 Å². The number of halogens is 1. The number of amides is 1. The van der Waals surface area contributed by atoms with Gasteiger partial charge in [-0.1, -0.05) is 43.0 Å². The molecule has 0 aromatic heterocycles. The minimum Gasteiger partial charge on any atom is -0.352 e. The fourth-order valence-electron chi connectivity index (χ4n) is 3.89. The van der Waals surface area contributed by atoms with Gasteiger partial charge < -0.3 is 5.32 Å². The molecule has 1 atom stereocenters. The Hall–Kier alpha value is -1.10. The van der Waals surface area contributed by atoms with E-state index in [0.717, 1.165) is 50.6 Å².